The van der Waals surface area contributed by atoms with Crippen LogP contribution in [0.25, 0.3) is 0 Å². The third-order valence-corrected chi connectivity index (χ3v) is 4.21. The number of hydrogen-bond acceptors (Lipinski definition) is 2. The van der Waals surface area contributed by atoms with Gasteiger partial charge in [-0.1, -0.05) is 44.9 Å². The van der Waals surface area contributed by atoms with E-state index in [2.05, 4.69) is 23.8 Å². The molecule has 1 N–H and O–H groups in total. The van der Waals surface area contributed by atoms with Crippen molar-refractivity contribution in [2.24, 2.45) is 0 Å². The maximum atomic E-state index is 4.43. The number of imidazole rings is 1. The summed E-state index contributed by atoms with van der Waals surface area (Å²) in [7, 11) is 0. The Morgan fingerprint density at radius 2 is 2.13 bits per heavy atom. The summed E-state index contributed by atoms with van der Waals surface area (Å²) in [6.07, 6.45) is 8.80. The highest BCUT2D eigenvalue weighted by atomic mass is 32.2. The molecular weight excluding hydrogens is 204 g/mol. The van der Waals surface area contributed by atoms with Crippen molar-refractivity contribution in [2.45, 2.75) is 56.5 Å². The Morgan fingerprint density at radius 1 is 1.40 bits per heavy atom. The van der Waals surface area contributed by atoms with Crippen LogP contribution in [0.2, 0.25) is 0 Å². The van der Waals surface area contributed by atoms with E-state index >= 15 is 0 Å². The van der Waals surface area contributed by atoms with E-state index in [1.54, 1.807) is 11.8 Å². The van der Waals surface area contributed by atoms with Crippen molar-refractivity contribution < 1.29 is 0 Å². The van der Waals surface area contributed by atoms with E-state index in [1.807, 2.05) is 6.20 Å². The predicted octanol–water partition coefficient (Wildman–Crippen LogP) is 3.74. The molecule has 0 unspecified atom stereocenters. The first-order valence-electron chi connectivity index (χ1n) is 5.93. The predicted molar refractivity (Wildman–Crippen MR) is 65.4 cm³/mol. The van der Waals surface area contributed by atoms with Gasteiger partial charge in [-0.3, -0.25) is 0 Å². The first-order valence-corrected chi connectivity index (χ1v) is 6.91. The van der Waals surface area contributed by atoms with Gasteiger partial charge in [0.25, 0.3) is 0 Å². The molecule has 0 spiro atoms. The van der Waals surface area contributed by atoms with Crippen LogP contribution in [0.3, 0.4) is 0 Å². The van der Waals surface area contributed by atoms with Gasteiger partial charge in [-0.2, -0.15) is 0 Å². The minimum absolute atomic E-state index is 0.359. The maximum absolute atomic E-state index is 4.43. The molecule has 1 fully saturated rings. The Bertz CT molecular complexity index is 313. The molecule has 1 aromatic rings. The van der Waals surface area contributed by atoms with Crippen LogP contribution < -0.4 is 0 Å². The van der Waals surface area contributed by atoms with E-state index in [1.165, 1.54) is 37.8 Å². The van der Waals surface area contributed by atoms with Crippen molar-refractivity contribution in [3.8, 4) is 0 Å². The van der Waals surface area contributed by atoms with Crippen LogP contribution in [-0.2, 0) is 5.41 Å². The number of nitrogens with zero attached hydrogens (tertiary/aromatic N) is 1. The fourth-order valence-electron chi connectivity index (χ4n) is 2.42. The Hall–Kier alpha value is -0.440. The molecule has 0 atom stereocenters. The molecule has 3 heteroatoms. The van der Waals surface area contributed by atoms with Gasteiger partial charge in [-0.15, -0.1) is 0 Å². The van der Waals surface area contributed by atoms with Crippen LogP contribution in [0.1, 0.15) is 51.6 Å². The summed E-state index contributed by atoms with van der Waals surface area (Å²) >= 11 is 1.79. The lowest BCUT2D eigenvalue weighted by molar-refractivity contribution is 0.312. The summed E-state index contributed by atoms with van der Waals surface area (Å²) in [4.78, 5) is 7.91. The van der Waals surface area contributed by atoms with E-state index in [-0.39, 0.29) is 0 Å². The van der Waals surface area contributed by atoms with Crippen LogP contribution >= 0.6 is 11.8 Å². The van der Waals surface area contributed by atoms with Gasteiger partial charge in [0, 0.05) is 17.3 Å². The van der Waals surface area contributed by atoms with Gasteiger partial charge in [0.1, 0.15) is 0 Å². The summed E-state index contributed by atoms with van der Waals surface area (Å²) < 4.78 is 0. The van der Waals surface area contributed by atoms with Gasteiger partial charge in [0.2, 0.25) is 0 Å². The van der Waals surface area contributed by atoms with Crippen molar-refractivity contribution in [1.29, 1.82) is 0 Å². The molecule has 1 saturated carbocycles. The van der Waals surface area contributed by atoms with Gasteiger partial charge >= 0.3 is 0 Å². The highest BCUT2D eigenvalue weighted by Gasteiger charge is 2.30. The molecule has 0 amide bonds. The molecule has 84 valence electrons. The van der Waals surface area contributed by atoms with Gasteiger partial charge < -0.3 is 4.98 Å². The molecular formula is C12H20N2S. The lowest BCUT2D eigenvalue weighted by Gasteiger charge is -2.32. The molecule has 1 aliphatic rings. The van der Waals surface area contributed by atoms with Crippen molar-refractivity contribution >= 4 is 11.8 Å². The highest BCUT2D eigenvalue weighted by molar-refractivity contribution is 7.99. The van der Waals surface area contributed by atoms with Gasteiger partial charge in [0.05, 0.1) is 0 Å². The minimum atomic E-state index is 0.359. The Morgan fingerprint density at radius 3 is 2.80 bits per heavy atom. The molecule has 0 aliphatic heterocycles. The molecule has 1 heterocycles. The van der Waals surface area contributed by atoms with Gasteiger partial charge in [0.15, 0.2) is 5.16 Å². The number of thioether (sulfide) groups is 1. The maximum Gasteiger partial charge on any atom is 0.165 e. The molecule has 0 radical (unpaired) electrons. The largest absolute Gasteiger partial charge is 0.336 e. The zero-order valence-electron chi connectivity index (χ0n) is 9.68. The van der Waals surface area contributed by atoms with E-state index in [9.17, 15) is 0 Å². The number of nitrogens with one attached hydrogen (secondary N) is 1. The average Bonchev–Trinajstić information content (AvgIpc) is 2.69. The molecule has 0 bridgehead atoms. The number of H-pyrrole nitrogens is 1. The normalized spacial score (nSPS) is 20.4. The van der Waals surface area contributed by atoms with Crippen LogP contribution in [0.15, 0.2) is 11.4 Å². The van der Waals surface area contributed by atoms with E-state index < -0.39 is 0 Å². The lowest BCUT2D eigenvalue weighted by atomic mass is 9.74. The minimum Gasteiger partial charge on any atom is -0.336 e. The third-order valence-electron chi connectivity index (χ3n) is 3.44. The second-order valence-electron chi connectivity index (χ2n) is 4.66. The monoisotopic (exact) mass is 224 g/mol. The zero-order chi connectivity index (χ0) is 10.7. The summed E-state index contributed by atoms with van der Waals surface area (Å²) in [6, 6.07) is 0. The van der Waals surface area contributed by atoms with Crippen LogP contribution in [0.5, 0.6) is 0 Å². The second kappa shape index (κ2) is 4.60. The van der Waals surface area contributed by atoms with Crippen molar-refractivity contribution in [3.05, 3.63) is 11.9 Å². The molecule has 15 heavy (non-hydrogen) atoms. The van der Waals surface area contributed by atoms with Gasteiger partial charge in [-0.25, -0.2) is 4.98 Å². The fourth-order valence-corrected chi connectivity index (χ4v) is 3.00. The first kappa shape index (κ1) is 11.1. The summed E-state index contributed by atoms with van der Waals surface area (Å²) in [5, 5.41) is 1.08. The Kier molecular flexibility index (Phi) is 3.39. The van der Waals surface area contributed by atoms with Crippen LogP contribution in [-0.4, -0.2) is 15.7 Å². The number of hydrogen-bond donors (Lipinski definition) is 1. The Labute approximate surface area is 96.3 Å². The molecule has 1 aliphatic carbocycles. The third kappa shape index (κ3) is 2.39. The summed E-state index contributed by atoms with van der Waals surface area (Å²) in [5.41, 5.74) is 1.70. The smallest absolute Gasteiger partial charge is 0.165 e. The fraction of sp³-hybridized carbons (Fsp3) is 0.750. The van der Waals surface area contributed by atoms with E-state index in [0.29, 0.717) is 5.41 Å². The van der Waals surface area contributed by atoms with Crippen LogP contribution in [0, 0.1) is 0 Å². The SMILES string of the molecule is CCSc1ncc(C2(C)CCCCC2)[nH]1. The highest BCUT2D eigenvalue weighted by Crippen LogP contribution is 2.38. The molecule has 1 aromatic heterocycles. The van der Waals surface area contributed by atoms with Crippen molar-refractivity contribution in [1.82, 2.24) is 9.97 Å². The second-order valence-corrected chi connectivity index (χ2v) is 5.91. The standard InChI is InChI=1S/C12H20N2S/c1-3-15-11-13-9-10(14-11)12(2)7-5-4-6-8-12/h9H,3-8H2,1-2H3,(H,13,14). The first-order chi connectivity index (χ1) is 7.24. The number of aromatic nitrogens is 2. The van der Waals surface area contributed by atoms with Crippen molar-refractivity contribution in [2.75, 3.05) is 5.75 Å². The van der Waals surface area contributed by atoms with Gasteiger partial charge in [-0.05, 0) is 18.6 Å². The Balaban J connectivity index is 2.12. The van der Waals surface area contributed by atoms with E-state index in [4.69, 9.17) is 0 Å². The summed E-state index contributed by atoms with van der Waals surface area (Å²) in [5.74, 6) is 1.09. The molecule has 0 aromatic carbocycles. The molecule has 0 saturated heterocycles. The van der Waals surface area contributed by atoms with Crippen LogP contribution in [0.4, 0.5) is 0 Å². The number of rotatable bonds is 3. The molecule has 2 nitrogen and oxygen atoms in total. The lowest BCUT2D eigenvalue weighted by Crippen LogP contribution is -2.25. The quantitative estimate of drug-likeness (QED) is 0.792. The summed E-state index contributed by atoms with van der Waals surface area (Å²) in [6.45, 7) is 4.54. The number of aromatic amines is 1. The topological polar surface area (TPSA) is 28.7 Å². The average molecular weight is 224 g/mol. The van der Waals surface area contributed by atoms with E-state index in [0.717, 1.165) is 10.9 Å². The molecule has 2 rings (SSSR count). The van der Waals surface area contributed by atoms with Crippen molar-refractivity contribution in [3.63, 3.8) is 0 Å². The zero-order valence-corrected chi connectivity index (χ0v) is 10.5.